The van der Waals surface area contributed by atoms with Gasteiger partial charge in [0.15, 0.2) is 5.92 Å². The van der Waals surface area contributed by atoms with Gasteiger partial charge >= 0.3 is 11.9 Å². The zero-order valence-corrected chi connectivity index (χ0v) is 23.9. The van der Waals surface area contributed by atoms with Crippen molar-refractivity contribution < 1.29 is 23.9 Å². The maximum Gasteiger partial charge on any atom is 0.320 e. The van der Waals surface area contributed by atoms with Gasteiger partial charge in [0.05, 0.1) is 19.3 Å². The van der Waals surface area contributed by atoms with E-state index in [0.717, 1.165) is 16.8 Å². The summed E-state index contributed by atoms with van der Waals surface area (Å²) < 4.78 is 10.1. The molecule has 0 bridgehead atoms. The minimum atomic E-state index is -1.00. The Bertz CT molecular complexity index is 1170. The van der Waals surface area contributed by atoms with E-state index in [2.05, 4.69) is 34.5 Å². The highest BCUT2D eigenvalue weighted by Crippen LogP contribution is 2.20. The molecule has 0 aliphatic heterocycles. The van der Waals surface area contributed by atoms with Gasteiger partial charge < -0.3 is 14.8 Å². The van der Waals surface area contributed by atoms with Crippen molar-refractivity contribution in [3.63, 3.8) is 0 Å². The van der Waals surface area contributed by atoms with E-state index in [4.69, 9.17) is 9.47 Å². The zero-order valence-electron chi connectivity index (χ0n) is 23.9. The highest BCUT2D eigenvalue weighted by molar-refractivity contribution is 5.95. The van der Waals surface area contributed by atoms with Gasteiger partial charge in [-0.15, -0.1) is 0 Å². The van der Waals surface area contributed by atoms with Crippen LogP contribution < -0.4 is 5.32 Å². The van der Waals surface area contributed by atoms with Crippen LogP contribution in [0.2, 0.25) is 0 Å². The van der Waals surface area contributed by atoms with Crippen LogP contribution in [0, 0.1) is 5.92 Å². The summed E-state index contributed by atoms with van der Waals surface area (Å²) in [5, 5.41) is 3.08. The van der Waals surface area contributed by atoms with Crippen LogP contribution in [0.3, 0.4) is 0 Å². The molecule has 41 heavy (non-hydrogen) atoms. The number of nitrogens with zero attached hydrogens (tertiary/aromatic N) is 1. The van der Waals surface area contributed by atoms with Gasteiger partial charge in [-0.2, -0.15) is 0 Å². The number of benzene rings is 3. The molecule has 1 N–H and O–H groups in total. The molecule has 0 aliphatic carbocycles. The molecule has 0 aromatic heterocycles. The first kappa shape index (κ1) is 31.3. The quantitative estimate of drug-likeness (QED) is 0.129. The third-order valence-electron chi connectivity index (χ3n) is 6.53. The van der Waals surface area contributed by atoms with Gasteiger partial charge in [-0.1, -0.05) is 91.0 Å². The molecule has 0 heterocycles. The molecular formula is C34H40N2O5. The predicted octanol–water partition coefficient (Wildman–Crippen LogP) is 6.17. The summed E-state index contributed by atoms with van der Waals surface area (Å²) in [7, 11) is 0. The Morgan fingerprint density at radius 2 is 1.22 bits per heavy atom. The summed E-state index contributed by atoms with van der Waals surface area (Å²) in [6, 6.07) is 29.2. The topological polar surface area (TPSA) is 84.9 Å². The molecule has 0 fully saturated rings. The Morgan fingerprint density at radius 1 is 0.732 bits per heavy atom. The maximum atomic E-state index is 13.7. The fourth-order valence-corrected chi connectivity index (χ4v) is 4.52. The molecule has 7 nitrogen and oxygen atoms in total. The second-order valence-corrected chi connectivity index (χ2v) is 9.59. The number of rotatable bonds is 16. The largest absolute Gasteiger partial charge is 0.465 e. The van der Waals surface area contributed by atoms with E-state index in [1.807, 2.05) is 72.8 Å². The molecule has 3 aromatic rings. The highest BCUT2D eigenvalue weighted by Gasteiger charge is 2.29. The molecule has 0 unspecified atom stereocenters. The summed E-state index contributed by atoms with van der Waals surface area (Å²) in [6.45, 7) is 4.98. The number of para-hydroxylation sites is 1. The number of nitrogens with one attached hydrogen (secondary N) is 1. The number of allylic oxidation sites excluding steroid dienone is 2. The van der Waals surface area contributed by atoms with Gasteiger partial charge in [-0.25, -0.2) is 0 Å². The van der Waals surface area contributed by atoms with E-state index in [1.54, 1.807) is 19.9 Å². The van der Waals surface area contributed by atoms with Crippen LogP contribution in [0.4, 0.5) is 5.69 Å². The molecule has 0 radical (unpaired) electrons. The monoisotopic (exact) mass is 556 g/mol. The standard InChI is InChI=1S/C34H40N2O5/c1-3-40-33(38)30(34(39)41-4-2)23-15-8-16-24-31(32(37)35-29-21-13-7-14-22-29)36(25-27-17-9-5-10-18-27)26-28-19-11-6-12-20-28/h5-15,17-22,30-31H,3-4,16,23-26H2,1-2H3,(H,35,37)/b15-8+/t31-/m0/s1. The van der Waals surface area contributed by atoms with Crippen molar-refractivity contribution >= 4 is 23.5 Å². The minimum absolute atomic E-state index is 0.0904. The average molecular weight is 557 g/mol. The fraction of sp³-hybridized carbons (Fsp3) is 0.324. The third-order valence-corrected chi connectivity index (χ3v) is 6.53. The molecule has 0 aliphatic rings. The molecule has 0 saturated heterocycles. The first-order valence-corrected chi connectivity index (χ1v) is 14.2. The number of ether oxygens (including phenoxy) is 2. The number of carbonyl (C=O) groups excluding carboxylic acids is 3. The molecule has 3 aromatic carbocycles. The lowest BCUT2D eigenvalue weighted by molar-refractivity contribution is -0.161. The van der Waals surface area contributed by atoms with Crippen molar-refractivity contribution in [3.05, 3.63) is 114 Å². The van der Waals surface area contributed by atoms with Crippen LogP contribution in [0.15, 0.2) is 103 Å². The lowest BCUT2D eigenvalue weighted by Crippen LogP contribution is -2.43. The van der Waals surface area contributed by atoms with Crippen molar-refractivity contribution in [2.75, 3.05) is 18.5 Å². The second-order valence-electron chi connectivity index (χ2n) is 9.59. The zero-order chi connectivity index (χ0) is 29.3. The Morgan fingerprint density at radius 3 is 1.71 bits per heavy atom. The van der Waals surface area contributed by atoms with E-state index in [9.17, 15) is 14.4 Å². The molecule has 7 heteroatoms. The molecule has 1 atom stereocenters. The molecule has 0 spiro atoms. The number of hydrogen-bond donors (Lipinski definition) is 1. The Kier molecular flexibility index (Phi) is 13.3. The van der Waals surface area contributed by atoms with Crippen LogP contribution in [0.1, 0.15) is 44.2 Å². The average Bonchev–Trinajstić information content (AvgIpc) is 2.98. The van der Waals surface area contributed by atoms with Gasteiger partial charge in [0.1, 0.15) is 0 Å². The van der Waals surface area contributed by atoms with Crippen LogP contribution in [0.5, 0.6) is 0 Å². The number of amides is 1. The van der Waals surface area contributed by atoms with Crippen molar-refractivity contribution in [3.8, 4) is 0 Å². The fourth-order valence-electron chi connectivity index (χ4n) is 4.52. The maximum absolute atomic E-state index is 13.7. The lowest BCUT2D eigenvalue weighted by Gasteiger charge is -2.31. The van der Waals surface area contributed by atoms with E-state index < -0.39 is 23.9 Å². The van der Waals surface area contributed by atoms with Crippen LogP contribution >= 0.6 is 0 Å². The normalized spacial score (nSPS) is 11.9. The van der Waals surface area contributed by atoms with Gasteiger partial charge in [0.2, 0.25) is 5.91 Å². The summed E-state index contributed by atoms with van der Waals surface area (Å²) >= 11 is 0. The van der Waals surface area contributed by atoms with Crippen LogP contribution in [0.25, 0.3) is 0 Å². The minimum Gasteiger partial charge on any atom is -0.465 e. The third kappa shape index (κ3) is 10.7. The molecular weight excluding hydrogens is 516 g/mol. The summed E-state index contributed by atoms with van der Waals surface area (Å²) in [5.41, 5.74) is 2.97. The first-order chi connectivity index (χ1) is 20.0. The van der Waals surface area contributed by atoms with Gasteiger partial charge in [0.25, 0.3) is 0 Å². The van der Waals surface area contributed by atoms with E-state index in [1.165, 1.54) is 0 Å². The van der Waals surface area contributed by atoms with Crippen molar-refractivity contribution in [1.29, 1.82) is 0 Å². The smallest absolute Gasteiger partial charge is 0.320 e. The molecule has 216 valence electrons. The second kappa shape index (κ2) is 17.5. The lowest BCUT2D eigenvalue weighted by atomic mass is 10.0. The Balaban J connectivity index is 1.79. The SMILES string of the molecule is CCOC(=O)C(C/C=C/CC[C@@H](C(=O)Nc1ccccc1)N(Cc1ccccc1)Cc1ccccc1)C(=O)OCC. The molecule has 1 amide bonds. The predicted molar refractivity (Wildman–Crippen MR) is 161 cm³/mol. The Hall–Kier alpha value is -4.23. The number of esters is 2. The van der Waals surface area contributed by atoms with Crippen molar-refractivity contribution in [2.45, 2.75) is 52.2 Å². The first-order valence-electron chi connectivity index (χ1n) is 14.2. The van der Waals surface area contributed by atoms with Gasteiger partial charge in [-0.3, -0.25) is 19.3 Å². The van der Waals surface area contributed by atoms with Crippen molar-refractivity contribution in [1.82, 2.24) is 4.90 Å². The van der Waals surface area contributed by atoms with Crippen LogP contribution in [-0.2, 0) is 36.9 Å². The van der Waals surface area contributed by atoms with Crippen molar-refractivity contribution in [2.24, 2.45) is 5.92 Å². The summed E-state index contributed by atoms with van der Waals surface area (Å²) in [6.07, 6.45) is 5.00. The van der Waals surface area contributed by atoms with E-state index in [-0.39, 0.29) is 25.5 Å². The van der Waals surface area contributed by atoms with E-state index >= 15 is 0 Å². The summed E-state index contributed by atoms with van der Waals surface area (Å²) in [4.78, 5) is 40.5. The number of anilines is 1. The Labute approximate surface area is 243 Å². The van der Waals surface area contributed by atoms with Crippen LogP contribution in [-0.4, -0.2) is 42.0 Å². The molecule has 3 rings (SSSR count). The van der Waals surface area contributed by atoms with Gasteiger partial charge in [0, 0.05) is 18.8 Å². The number of carbonyl (C=O) groups is 3. The number of hydrogen-bond acceptors (Lipinski definition) is 6. The van der Waals surface area contributed by atoms with E-state index in [0.29, 0.717) is 25.9 Å². The highest BCUT2D eigenvalue weighted by atomic mass is 16.6. The molecule has 0 saturated carbocycles. The summed E-state index contributed by atoms with van der Waals surface area (Å²) in [5.74, 6) is -2.27. The van der Waals surface area contributed by atoms with Gasteiger partial charge in [-0.05, 0) is 56.4 Å².